The molecule has 0 saturated heterocycles. The quantitative estimate of drug-likeness (QED) is 0.0222. The van der Waals surface area contributed by atoms with Crippen LogP contribution in [-0.2, 0) is 65.4 Å². The first-order valence-electron chi connectivity index (χ1n) is 47.1. The SMILES string of the molecule is CCCCCCCCCCCCCCCCCCCCCCCCC(=O)OC[C@H](COP(=O)(O)OC[C@@H](O)COP(=O)(O)OC[C@@H](COC(=O)CCCCCCCCC(C)C)OC(=O)CCCCCCCCCCCCCCCCCCC)OC(=O)CCCCCCCCCCCCCCCCCCCCCCCC. The third kappa shape index (κ3) is 84.0. The minimum absolute atomic E-state index is 0.108. The van der Waals surface area contributed by atoms with Crippen molar-refractivity contribution in [2.45, 2.75) is 515 Å². The van der Waals surface area contributed by atoms with E-state index in [0.717, 1.165) is 96.3 Å². The number of rotatable bonds is 91. The average Bonchev–Trinajstić information content (AvgIpc) is 1.02. The monoisotopic (exact) mass is 1610 g/mol. The molecule has 3 N–H and O–H groups in total. The van der Waals surface area contributed by atoms with Gasteiger partial charge in [0.25, 0.3) is 0 Å². The molecule has 0 aliphatic heterocycles. The molecule has 0 saturated carbocycles. The summed E-state index contributed by atoms with van der Waals surface area (Å²) in [5, 5.41) is 10.7. The van der Waals surface area contributed by atoms with Gasteiger partial charge in [-0.15, -0.1) is 0 Å². The van der Waals surface area contributed by atoms with E-state index >= 15 is 0 Å². The normalized spacial score (nSPS) is 13.7. The van der Waals surface area contributed by atoms with E-state index in [0.29, 0.717) is 31.6 Å². The summed E-state index contributed by atoms with van der Waals surface area (Å²) in [6.07, 6.45) is 79.7. The number of carbonyl (C=O) groups excluding carboxylic acids is 4. The van der Waals surface area contributed by atoms with Crippen LogP contribution in [0, 0.1) is 5.92 Å². The number of unbranched alkanes of at least 4 members (excludes halogenated alkanes) is 63. The molecule has 110 heavy (non-hydrogen) atoms. The zero-order chi connectivity index (χ0) is 80.4. The Balaban J connectivity index is 5.18. The van der Waals surface area contributed by atoms with Gasteiger partial charge in [0.15, 0.2) is 12.2 Å². The van der Waals surface area contributed by atoms with Gasteiger partial charge < -0.3 is 33.8 Å². The maximum Gasteiger partial charge on any atom is 0.472 e. The molecule has 2 unspecified atom stereocenters. The lowest BCUT2D eigenvalue weighted by Gasteiger charge is -2.21. The maximum atomic E-state index is 13.2. The Morgan fingerprint density at radius 2 is 0.418 bits per heavy atom. The third-order valence-electron chi connectivity index (χ3n) is 21.5. The molecule has 0 aromatic rings. The summed E-state index contributed by atoms with van der Waals surface area (Å²) in [5.41, 5.74) is 0. The van der Waals surface area contributed by atoms with E-state index in [1.165, 1.54) is 315 Å². The minimum Gasteiger partial charge on any atom is -0.462 e. The molecule has 0 rings (SSSR count). The summed E-state index contributed by atoms with van der Waals surface area (Å²) in [7, 11) is -9.93. The highest BCUT2D eigenvalue weighted by Gasteiger charge is 2.31. The second-order valence-corrected chi connectivity index (χ2v) is 36.1. The van der Waals surface area contributed by atoms with Crippen molar-refractivity contribution in [3.05, 3.63) is 0 Å². The number of hydrogen-bond acceptors (Lipinski definition) is 15. The Labute approximate surface area is 677 Å². The predicted molar refractivity (Wildman–Crippen MR) is 455 cm³/mol. The second kappa shape index (κ2) is 83.5. The third-order valence-corrected chi connectivity index (χ3v) is 23.4. The summed E-state index contributed by atoms with van der Waals surface area (Å²) in [4.78, 5) is 73.3. The number of hydrogen-bond donors (Lipinski definition) is 3. The molecule has 5 atom stereocenters. The summed E-state index contributed by atoms with van der Waals surface area (Å²) >= 11 is 0. The number of ether oxygens (including phenoxy) is 4. The van der Waals surface area contributed by atoms with Gasteiger partial charge in [-0.1, -0.05) is 446 Å². The number of phosphoric ester groups is 2. The van der Waals surface area contributed by atoms with Crippen LogP contribution < -0.4 is 0 Å². The van der Waals surface area contributed by atoms with Gasteiger partial charge in [0, 0.05) is 25.7 Å². The lowest BCUT2D eigenvalue weighted by molar-refractivity contribution is -0.161. The Kier molecular flexibility index (Phi) is 82.1. The Bertz CT molecular complexity index is 2080. The molecule has 17 nitrogen and oxygen atoms in total. The molecular formula is C91H178O17P2. The number of aliphatic hydroxyl groups excluding tert-OH is 1. The molecule has 0 aliphatic rings. The van der Waals surface area contributed by atoms with Crippen molar-refractivity contribution in [1.29, 1.82) is 0 Å². The van der Waals surface area contributed by atoms with Crippen LogP contribution in [0.2, 0.25) is 0 Å². The number of phosphoric acid groups is 2. The van der Waals surface area contributed by atoms with Gasteiger partial charge in [-0.2, -0.15) is 0 Å². The minimum atomic E-state index is -4.97. The lowest BCUT2D eigenvalue weighted by atomic mass is 10.0. The Morgan fingerprint density at radius 3 is 0.618 bits per heavy atom. The fraction of sp³-hybridized carbons (Fsp3) is 0.956. The van der Waals surface area contributed by atoms with Crippen molar-refractivity contribution in [3.8, 4) is 0 Å². The van der Waals surface area contributed by atoms with Gasteiger partial charge in [-0.25, -0.2) is 9.13 Å². The number of aliphatic hydroxyl groups is 1. The molecule has 0 aromatic carbocycles. The molecule has 0 amide bonds. The average molecular weight is 1610 g/mol. The molecule has 0 radical (unpaired) electrons. The van der Waals surface area contributed by atoms with Crippen molar-refractivity contribution in [3.63, 3.8) is 0 Å². The van der Waals surface area contributed by atoms with Gasteiger partial charge in [0.1, 0.15) is 19.3 Å². The molecule has 0 heterocycles. The van der Waals surface area contributed by atoms with Gasteiger partial charge >= 0.3 is 39.5 Å². The molecule has 0 bridgehead atoms. The van der Waals surface area contributed by atoms with Crippen molar-refractivity contribution >= 4 is 39.5 Å². The van der Waals surface area contributed by atoms with E-state index in [-0.39, 0.29) is 25.7 Å². The van der Waals surface area contributed by atoms with E-state index < -0.39 is 97.5 Å². The van der Waals surface area contributed by atoms with E-state index in [9.17, 15) is 43.2 Å². The largest absolute Gasteiger partial charge is 0.472 e. The maximum absolute atomic E-state index is 13.2. The fourth-order valence-electron chi connectivity index (χ4n) is 14.4. The van der Waals surface area contributed by atoms with Gasteiger partial charge in [0.2, 0.25) is 0 Å². The van der Waals surface area contributed by atoms with Crippen LogP contribution in [-0.4, -0.2) is 96.7 Å². The van der Waals surface area contributed by atoms with Crippen LogP contribution in [0.4, 0.5) is 0 Å². The van der Waals surface area contributed by atoms with Crippen LogP contribution in [0.1, 0.15) is 497 Å². The highest BCUT2D eigenvalue weighted by atomic mass is 31.2. The number of esters is 4. The van der Waals surface area contributed by atoms with Crippen LogP contribution >= 0.6 is 15.6 Å². The first-order valence-corrected chi connectivity index (χ1v) is 50.1. The second-order valence-electron chi connectivity index (χ2n) is 33.2. The van der Waals surface area contributed by atoms with Crippen LogP contribution in [0.5, 0.6) is 0 Å². The van der Waals surface area contributed by atoms with Crippen LogP contribution in [0.3, 0.4) is 0 Å². The van der Waals surface area contributed by atoms with Crippen LogP contribution in [0.15, 0.2) is 0 Å². The van der Waals surface area contributed by atoms with Gasteiger partial charge in [-0.05, 0) is 31.6 Å². The first kappa shape index (κ1) is 108. The predicted octanol–water partition coefficient (Wildman–Crippen LogP) is 28.3. The van der Waals surface area contributed by atoms with Crippen molar-refractivity contribution in [2.24, 2.45) is 5.92 Å². The molecule has 654 valence electrons. The zero-order valence-corrected chi connectivity index (χ0v) is 74.2. The van der Waals surface area contributed by atoms with Crippen molar-refractivity contribution in [2.75, 3.05) is 39.6 Å². The summed E-state index contributed by atoms with van der Waals surface area (Å²) < 4.78 is 69.0. The van der Waals surface area contributed by atoms with E-state index in [1.54, 1.807) is 0 Å². The Hall–Kier alpha value is -1.94. The highest BCUT2D eigenvalue weighted by Crippen LogP contribution is 2.45. The number of carbonyl (C=O) groups is 4. The summed E-state index contributed by atoms with van der Waals surface area (Å²) in [6.45, 7) is 7.30. The topological polar surface area (TPSA) is 237 Å². The summed E-state index contributed by atoms with van der Waals surface area (Å²) in [6, 6.07) is 0. The zero-order valence-electron chi connectivity index (χ0n) is 72.4. The summed E-state index contributed by atoms with van der Waals surface area (Å²) in [5.74, 6) is -1.42. The molecule has 0 spiro atoms. The van der Waals surface area contributed by atoms with Gasteiger partial charge in [0.05, 0.1) is 26.4 Å². The molecule has 0 aliphatic carbocycles. The smallest absolute Gasteiger partial charge is 0.462 e. The Morgan fingerprint density at radius 1 is 0.245 bits per heavy atom. The molecule has 19 heteroatoms. The standard InChI is InChI=1S/C91H178O17P2/c1-6-9-12-15-18-21-24-27-30-33-35-37-39-41-44-46-49-52-55-58-64-69-74-88(93)101-80-86(107-90(95)76-71-67-60-57-54-51-48-45-42-40-38-36-34-31-28-25-22-19-16-13-10-7-2)82-105-109(97,98)103-78-85(92)79-104-110(99,100)106-83-87(81-102-89(94)75-70-65-62-61-63-68-73-84(4)5)108-91(96)77-72-66-59-56-53-50-47-43-32-29-26-23-20-17-14-11-8-3/h84-87,92H,6-83H2,1-5H3,(H,97,98)(H,99,100)/t85-,86-,87-/m1/s1. The van der Waals surface area contributed by atoms with E-state index in [1.807, 2.05) is 0 Å². The van der Waals surface area contributed by atoms with Gasteiger partial charge in [-0.3, -0.25) is 37.3 Å². The van der Waals surface area contributed by atoms with Crippen molar-refractivity contribution < 1.29 is 80.2 Å². The molecule has 0 fully saturated rings. The first-order chi connectivity index (χ1) is 53.5. The lowest BCUT2D eigenvalue weighted by Crippen LogP contribution is -2.30. The molecular weight excluding hydrogens is 1430 g/mol. The molecule has 0 aromatic heterocycles. The van der Waals surface area contributed by atoms with E-state index in [2.05, 4.69) is 34.6 Å². The van der Waals surface area contributed by atoms with Crippen molar-refractivity contribution in [1.82, 2.24) is 0 Å². The van der Waals surface area contributed by atoms with Crippen LogP contribution in [0.25, 0.3) is 0 Å². The van der Waals surface area contributed by atoms with E-state index in [4.69, 9.17) is 37.0 Å². The fourth-order valence-corrected chi connectivity index (χ4v) is 15.9. The highest BCUT2D eigenvalue weighted by molar-refractivity contribution is 7.47.